The number of ether oxygens (including phenoxy) is 1. The van der Waals surface area contributed by atoms with E-state index in [1.54, 1.807) is 23.7 Å². The first kappa shape index (κ1) is 21.2. The Morgan fingerprint density at radius 3 is 2.55 bits per heavy atom. The first-order valence-electron chi connectivity index (χ1n) is 10.2. The van der Waals surface area contributed by atoms with Gasteiger partial charge in [-0.3, -0.25) is 4.98 Å². The predicted octanol–water partition coefficient (Wildman–Crippen LogP) is 4.88. The number of aliphatic hydroxyl groups excluding tert-OH is 1. The van der Waals surface area contributed by atoms with Gasteiger partial charge < -0.3 is 15.2 Å². The summed E-state index contributed by atoms with van der Waals surface area (Å²) >= 11 is 1.65. The van der Waals surface area contributed by atoms with Gasteiger partial charge in [-0.25, -0.2) is 4.98 Å². The number of aromatic nitrogens is 2. The van der Waals surface area contributed by atoms with Crippen molar-refractivity contribution in [3.63, 3.8) is 0 Å². The Bertz CT molecular complexity index is 1080. The van der Waals surface area contributed by atoms with Crippen molar-refractivity contribution < 1.29 is 9.84 Å². The van der Waals surface area contributed by atoms with E-state index in [1.165, 1.54) is 5.56 Å². The highest BCUT2D eigenvalue weighted by molar-refractivity contribution is 7.13. The minimum Gasteiger partial charge on any atom is -0.492 e. The van der Waals surface area contributed by atoms with Gasteiger partial charge in [0.25, 0.3) is 0 Å². The summed E-state index contributed by atoms with van der Waals surface area (Å²) < 4.78 is 5.80. The molecule has 0 aliphatic rings. The molecule has 2 N–H and O–H groups in total. The lowest BCUT2D eigenvalue weighted by Crippen LogP contribution is -2.26. The van der Waals surface area contributed by atoms with Crippen LogP contribution in [0.1, 0.15) is 17.2 Å². The number of aliphatic hydroxyl groups is 1. The fourth-order valence-corrected chi connectivity index (χ4v) is 3.96. The van der Waals surface area contributed by atoms with Crippen LogP contribution in [0.4, 0.5) is 0 Å². The van der Waals surface area contributed by atoms with E-state index in [9.17, 15) is 5.11 Å². The van der Waals surface area contributed by atoms with Crippen LogP contribution in [-0.4, -0.2) is 34.8 Å². The molecular formula is C25H25N3O2S. The Kier molecular flexibility index (Phi) is 7.04. The van der Waals surface area contributed by atoms with E-state index in [4.69, 9.17) is 9.72 Å². The molecule has 0 saturated carbocycles. The van der Waals surface area contributed by atoms with Crippen LogP contribution in [0.15, 0.2) is 78.4 Å². The van der Waals surface area contributed by atoms with Crippen molar-refractivity contribution in [2.24, 2.45) is 0 Å². The second-order valence-electron chi connectivity index (χ2n) is 7.28. The van der Waals surface area contributed by atoms with Gasteiger partial charge >= 0.3 is 0 Å². The van der Waals surface area contributed by atoms with Gasteiger partial charge in [-0.2, -0.15) is 0 Å². The average molecular weight is 432 g/mol. The first-order valence-corrected chi connectivity index (χ1v) is 11.1. The first-order chi connectivity index (χ1) is 15.2. The largest absolute Gasteiger partial charge is 0.492 e. The second kappa shape index (κ2) is 10.3. The van der Waals surface area contributed by atoms with Crippen molar-refractivity contribution in [3.05, 3.63) is 89.6 Å². The van der Waals surface area contributed by atoms with Gasteiger partial charge in [0.1, 0.15) is 17.4 Å². The Balaban J connectivity index is 1.25. The zero-order valence-electron chi connectivity index (χ0n) is 17.4. The quantitative estimate of drug-likeness (QED) is 0.370. The summed E-state index contributed by atoms with van der Waals surface area (Å²) in [5.74, 6) is 0.812. The number of hydrogen-bond acceptors (Lipinski definition) is 6. The minimum absolute atomic E-state index is 0.459. The van der Waals surface area contributed by atoms with Crippen molar-refractivity contribution in [1.82, 2.24) is 15.3 Å². The van der Waals surface area contributed by atoms with Crippen LogP contribution < -0.4 is 10.1 Å². The fraction of sp³-hybridized carbons (Fsp3) is 0.200. The highest BCUT2D eigenvalue weighted by Crippen LogP contribution is 2.29. The molecule has 0 spiro atoms. The Hall–Kier alpha value is -3.06. The molecule has 0 radical (unpaired) electrons. The van der Waals surface area contributed by atoms with Crippen LogP contribution in [0.25, 0.3) is 21.8 Å². The molecule has 0 bridgehead atoms. The van der Waals surface area contributed by atoms with E-state index in [1.807, 2.05) is 36.4 Å². The zero-order valence-corrected chi connectivity index (χ0v) is 18.2. The summed E-state index contributed by atoms with van der Waals surface area (Å²) in [7, 11) is 0. The average Bonchev–Trinajstić information content (AvgIpc) is 3.30. The Morgan fingerprint density at radius 1 is 1.03 bits per heavy atom. The second-order valence-corrected chi connectivity index (χ2v) is 8.14. The predicted molar refractivity (Wildman–Crippen MR) is 125 cm³/mol. The van der Waals surface area contributed by atoms with Crippen molar-refractivity contribution in [2.75, 3.05) is 19.7 Å². The van der Waals surface area contributed by atoms with Gasteiger partial charge in [0.05, 0.1) is 11.8 Å². The minimum atomic E-state index is -0.573. The molecule has 2 heterocycles. The molecule has 0 saturated heterocycles. The van der Waals surface area contributed by atoms with E-state index < -0.39 is 6.10 Å². The Morgan fingerprint density at radius 2 is 1.81 bits per heavy atom. The summed E-state index contributed by atoms with van der Waals surface area (Å²) in [4.78, 5) is 8.80. The van der Waals surface area contributed by atoms with Crippen molar-refractivity contribution >= 4 is 11.3 Å². The van der Waals surface area contributed by atoms with Crippen molar-refractivity contribution in [2.45, 2.75) is 13.0 Å². The van der Waals surface area contributed by atoms with Crippen LogP contribution >= 0.6 is 11.3 Å². The van der Waals surface area contributed by atoms with Gasteiger partial charge in [-0.1, -0.05) is 35.9 Å². The molecule has 0 fully saturated rings. The van der Waals surface area contributed by atoms with E-state index in [2.05, 4.69) is 46.9 Å². The van der Waals surface area contributed by atoms with Gasteiger partial charge in [-0.15, -0.1) is 11.3 Å². The topological polar surface area (TPSA) is 67.3 Å². The maximum absolute atomic E-state index is 10.1. The third kappa shape index (κ3) is 5.76. The lowest BCUT2D eigenvalue weighted by atomic mass is 10.1. The third-order valence-corrected chi connectivity index (χ3v) is 5.80. The number of benzene rings is 2. The normalized spacial score (nSPS) is 11.9. The third-order valence-electron chi connectivity index (χ3n) is 4.91. The number of thiazole rings is 1. The van der Waals surface area contributed by atoms with E-state index in [0.717, 1.165) is 33.1 Å². The number of pyridine rings is 1. The Labute approximate surface area is 186 Å². The number of rotatable bonds is 9. The molecule has 2 aromatic heterocycles. The SMILES string of the molecule is Cc1ccc(-c2nc(-c3ccc(OCCNC[C@H](O)c4cccnc4)cc3)cs2)cc1. The number of nitrogens with zero attached hydrogens (tertiary/aromatic N) is 2. The smallest absolute Gasteiger partial charge is 0.124 e. The molecule has 0 aliphatic carbocycles. The van der Waals surface area contributed by atoms with Crippen LogP contribution in [0.3, 0.4) is 0 Å². The van der Waals surface area contributed by atoms with E-state index in [-0.39, 0.29) is 0 Å². The highest BCUT2D eigenvalue weighted by atomic mass is 32.1. The molecule has 0 amide bonds. The van der Waals surface area contributed by atoms with E-state index in [0.29, 0.717) is 19.7 Å². The molecular weight excluding hydrogens is 406 g/mol. The van der Waals surface area contributed by atoms with Crippen LogP contribution in [0.5, 0.6) is 5.75 Å². The monoisotopic (exact) mass is 431 g/mol. The van der Waals surface area contributed by atoms with Crippen LogP contribution in [0, 0.1) is 6.92 Å². The lowest BCUT2D eigenvalue weighted by molar-refractivity contribution is 0.171. The highest BCUT2D eigenvalue weighted by Gasteiger charge is 2.08. The summed E-state index contributed by atoms with van der Waals surface area (Å²) in [6.45, 7) is 3.71. The summed E-state index contributed by atoms with van der Waals surface area (Å²) in [6, 6.07) is 20.1. The number of hydrogen-bond donors (Lipinski definition) is 2. The standard InChI is InChI=1S/C25H25N3O2S/c1-18-4-6-20(7-5-18)25-28-23(17-31-25)19-8-10-22(11-9-19)30-14-13-27-16-24(29)21-3-2-12-26-15-21/h2-12,15,17,24,27,29H,13-14,16H2,1H3/t24-/m0/s1. The maximum Gasteiger partial charge on any atom is 0.124 e. The molecule has 158 valence electrons. The number of nitrogens with one attached hydrogen (secondary N) is 1. The van der Waals surface area contributed by atoms with Gasteiger partial charge in [0, 0.05) is 47.6 Å². The molecule has 4 rings (SSSR count). The summed E-state index contributed by atoms with van der Waals surface area (Å²) in [5, 5.41) is 16.4. The van der Waals surface area contributed by atoms with Crippen LogP contribution in [-0.2, 0) is 0 Å². The van der Waals surface area contributed by atoms with Crippen LogP contribution in [0.2, 0.25) is 0 Å². The maximum atomic E-state index is 10.1. The molecule has 4 aromatic rings. The fourth-order valence-electron chi connectivity index (χ4n) is 3.13. The van der Waals surface area contributed by atoms with Crippen molar-refractivity contribution in [1.29, 1.82) is 0 Å². The van der Waals surface area contributed by atoms with E-state index >= 15 is 0 Å². The molecule has 5 nitrogen and oxygen atoms in total. The van der Waals surface area contributed by atoms with Crippen molar-refractivity contribution in [3.8, 4) is 27.6 Å². The lowest BCUT2D eigenvalue weighted by Gasteiger charge is -2.12. The molecule has 31 heavy (non-hydrogen) atoms. The van der Waals surface area contributed by atoms with Gasteiger partial charge in [-0.05, 0) is 37.3 Å². The molecule has 6 heteroatoms. The number of aryl methyl sites for hydroxylation is 1. The van der Waals surface area contributed by atoms with Gasteiger partial charge in [0.2, 0.25) is 0 Å². The summed E-state index contributed by atoms with van der Waals surface area (Å²) in [6.07, 6.45) is 2.80. The van der Waals surface area contributed by atoms with Gasteiger partial charge in [0.15, 0.2) is 0 Å². The zero-order chi connectivity index (χ0) is 21.5. The molecule has 2 aromatic carbocycles. The molecule has 0 aliphatic heterocycles. The molecule has 0 unspecified atom stereocenters. The molecule has 1 atom stereocenters. The summed E-state index contributed by atoms with van der Waals surface area (Å²) in [5.41, 5.74) is 5.23.